The smallest absolute Gasteiger partial charge is 0.227 e. The Hall–Kier alpha value is -2.11. The topological polar surface area (TPSA) is 64.2 Å². The van der Waals surface area contributed by atoms with Gasteiger partial charge in [-0.05, 0) is 19.3 Å². The second-order valence-corrected chi connectivity index (χ2v) is 5.61. The van der Waals surface area contributed by atoms with Gasteiger partial charge < -0.3 is 14.0 Å². The normalized spacial score (nSPS) is 17.5. The highest BCUT2D eigenvalue weighted by molar-refractivity contribution is 5.78. The van der Waals surface area contributed by atoms with E-state index < -0.39 is 0 Å². The van der Waals surface area contributed by atoms with E-state index in [4.69, 9.17) is 4.52 Å². The highest BCUT2D eigenvalue weighted by Crippen LogP contribution is 2.22. The molecule has 6 heteroatoms. The summed E-state index contributed by atoms with van der Waals surface area (Å²) in [6, 6.07) is 0. The molecule has 6 nitrogen and oxygen atoms in total. The summed E-state index contributed by atoms with van der Waals surface area (Å²) in [7, 11) is 1.85. The first kappa shape index (κ1) is 13.9. The molecule has 112 valence electrons. The summed E-state index contributed by atoms with van der Waals surface area (Å²) in [5.41, 5.74) is 3.14. The summed E-state index contributed by atoms with van der Waals surface area (Å²) in [6.45, 7) is 3.31. The number of carbonyl (C=O) groups is 1. The van der Waals surface area contributed by atoms with Crippen molar-refractivity contribution in [2.24, 2.45) is 5.92 Å². The second kappa shape index (κ2) is 5.71. The Bertz CT molecular complexity index is 631. The van der Waals surface area contributed by atoms with Gasteiger partial charge in [0.1, 0.15) is 6.26 Å². The van der Waals surface area contributed by atoms with E-state index in [0.717, 1.165) is 37.1 Å². The Balaban J connectivity index is 1.65. The van der Waals surface area contributed by atoms with Crippen LogP contribution in [0.1, 0.15) is 30.3 Å². The zero-order valence-corrected chi connectivity index (χ0v) is 12.5. The predicted octanol–water partition coefficient (Wildman–Crippen LogP) is 1.65. The summed E-state index contributed by atoms with van der Waals surface area (Å²) in [6.07, 6.45) is 7.95. The van der Waals surface area contributed by atoms with Gasteiger partial charge in [0.2, 0.25) is 5.91 Å². The molecule has 21 heavy (non-hydrogen) atoms. The molecule has 0 radical (unpaired) electrons. The van der Waals surface area contributed by atoms with Gasteiger partial charge >= 0.3 is 0 Å². The van der Waals surface area contributed by atoms with Crippen LogP contribution in [0.25, 0.3) is 0 Å². The quantitative estimate of drug-likeness (QED) is 0.858. The summed E-state index contributed by atoms with van der Waals surface area (Å²) < 4.78 is 7.08. The fourth-order valence-corrected chi connectivity index (χ4v) is 2.92. The van der Waals surface area contributed by atoms with Crippen LogP contribution in [-0.2, 0) is 30.7 Å². The van der Waals surface area contributed by atoms with Gasteiger partial charge in [0.15, 0.2) is 0 Å². The number of nitrogens with zero attached hydrogens (tertiary/aromatic N) is 4. The maximum absolute atomic E-state index is 12.6. The van der Waals surface area contributed by atoms with E-state index in [1.54, 1.807) is 11.2 Å². The van der Waals surface area contributed by atoms with Crippen LogP contribution in [0.15, 0.2) is 23.3 Å². The summed E-state index contributed by atoms with van der Waals surface area (Å²) in [4.78, 5) is 18.5. The second-order valence-electron chi connectivity index (χ2n) is 5.61. The van der Waals surface area contributed by atoms with Crippen molar-refractivity contribution < 1.29 is 9.32 Å². The van der Waals surface area contributed by atoms with Crippen molar-refractivity contribution in [3.05, 3.63) is 35.7 Å². The largest absolute Gasteiger partial charge is 0.364 e. The number of carbonyl (C=O) groups excluding carboxylic acids is 1. The summed E-state index contributed by atoms with van der Waals surface area (Å²) in [5.74, 6) is 0.208. The predicted molar refractivity (Wildman–Crippen MR) is 76.4 cm³/mol. The van der Waals surface area contributed by atoms with Crippen molar-refractivity contribution in [1.82, 2.24) is 19.6 Å². The molecule has 0 saturated carbocycles. The molecular formula is C15H20N4O2. The molecule has 2 aromatic heterocycles. The average molecular weight is 288 g/mol. The Morgan fingerprint density at radius 1 is 1.57 bits per heavy atom. The lowest BCUT2D eigenvalue weighted by Gasteiger charge is -2.27. The van der Waals surface area contributed by atoms with Crippen molar-refractivity contribution in [2.75, 3.05) is 7.05 Å². The highest BCUT2D eigenvalue weighted by atomic mass is 16.5. The van der Waals surface area contributed by atoms with Crippen molar-refractivity contribution in [1.29, 1.82) is 0 Å². The average Bonchev–Trinajstić information content (AvgIpc) is 3.13. The molecule has 3 rings (SSSR count). The molecule has 1 aliphatic rings. The molecule has 1 amide bonds. The Kier molecular flexibility index (Phi) is 3.77. The SMILES string of the molecule is CCc1nocc1CN(C)C(=O)C1CCc2cncn2C1. The van der Waals surface area contributed by atoms with Gasteiger partial charge in [0, 0.05) is 31.0 Å². The lowest BCUT2D eigenvalue weighted by atomic mass is 9.96. The molecule has 2 aromatic rings. The third kappa shape index (κ3) is 2.70. The molecule has 0 N–H and O–H groups in total. The number of fused-ring (bicyclic) bond motifs is 1. The summed E-state index contributed by atoms with van der Waals surface area (Å²) >= 11 is 0. The van der Waals surface area contributed by atoms with Crippen LogP contribution in [0.3, 0.4) is 0 Å². The minimum absolute atomic E-state index is 0.0293. The zero-order valence-electron chi connectivity index (χ0n) is 12.5. The molecule has 0 bridgehead atoms. The molecule has 0 saturated heterocycles. The van der Waals surface area contributed by atoms with Crippen LogP contribution in [0.5, 0.6) is 0 Å². The molecular weight excluding hydrogens is 268 g/mol. The third-order valence-electron chi connectivity index (χ3n) is 4.16. The van der Waals surface area contributed by atoms with E-state index in [1.807, 2.05) is 26.5 Å². The molecule has 0 aliphatic carbocycles. The number of amides is 1. The van der Waals surface area contributed by atoms with E-state index in [1.165, 1.54) is 5.69 Å². The maximum Gasteiger partial charge on any atom is 0.227 e. The number of hydrogen-bond acceptors (Lipinski definition) is 4. The van der Waals surface area contributed by atoms with Crippen LogP contribution in [-0.4, -0.2) is 32.6 Å². The van der Waals surface area contributed by atoms with Crippen molar-refractivity contribution in [2.45, 2.75) is 39.3 Å². The van der Waals surface area contributed by atoms with Crippen LogP contribution < -0.4 is 0 Å². The standard InChI is InChI=1S/C15H20N4O2/c1-3-14-12(9-21-17-14)7-18(2)15(20)11-4-5-13-6-16-10-19(13)8-11/h6,9-11H,3-5,7-8H2,1-2H3. The lowest BCUT2D eigenvalue weighted by molar-refractivity contribution is -0.135. The van der Waals surface area contributed by atoms with Gasteiger partial charge in [-0.25, -0.2) is 4.98 Å². The Labute approximate surface area is 123 Å². The van der Waals surface area contributed by atoms with E-state index in [-0.39, 0.29) is 11.8 Å². The Morgan fingerprint density at radius 3 is 3.24 bits per heavy atom. The molecule has 0 fully saturated rings. The number of rotatable bonds is 4. The molecule has 1 unspecified atom stereocenters. The van der Waals surface area contributed by atoms with Gasteiger partial charge in [0.05, 0.1) is 24.5 Å². The first-order valence-electron chi connectivity index (χ1n) is 7.35. The number of imidazole rings is 1. The minimum Gasteiger partial charge on any atom is -0.364 e. The Morgan fingerprint density at radius 2 is 2.43 bits per heavy atom. The van der Waals surface area contributed by atoms with E-state index in [2.05, 4.69) is 14.7 Å². The molecule has 1 aliphatic heterocycles. The number of hydrogen-bond donors (Lipinski definition) is 0. The number of aromatic nitrogens is 3. The fourth-order valence-electron chi connectivity index (χ4n) is 2.92. The molecule has 0 aromatic carbocycles. The van der Waals surface area contributed by atoms with Gasteiger partial charge in [0.25, 0.3) is 0 Å². The van der Waals surface area contributed by atoms with Crippen LogP contribution in [0, 0.1) is 5.92 Å². The van der Waals surface area contributed by atoms with E-state index in [0.29, 0.717) is 6.54 Å². The lowest BCUT2D eigenvalue weighted by Crippen LogP contribution is -2.37. The molecule has 1 atom stereocenters. The van der Waals surface area contributed by atoms with Gasteiger partial charge in [-0.3, -0.25) is 4.79 Å². The third-order valence-corrected chi connectivity index (χ3v) is 4.16. The maximum atomic E-state index is 12.6. The van der Waals surface area contributed by atoms with Crippen LogP contribution >= 0.6 is 0 Å². The first-order valence-corrected chi connectivity index (χ1v) is 7.35. The van der Waals surface area contributed by atoms with Gasteiger partial charge in [-0.2, -0.15) is 0 Å². The van der Waals surface area contributed by atoms with Crippen LogP contribution in [0.2, 0.25) is 0 Å². The van der Waals surface area contributed by atoms with Crippen molar-refractivity contribution >= 4 is 5.91 Å². The fraction of sp³-hybridized carbons (Fsp3) is 0.533. The summed E-state index contributed by atoms with van der Waals surface area (Å²) in [5, 5.41) is 3.96. The monoisotopic (exact) mass is 288 g/mol. The zero-order chi connectivity index (χ0) is 14.8. The van der Waals surface area contributed by atoms with Crippen molar-refractivity contribution in [3.8, 4) is 0 Å². The van der Waals surface area contributed by atoms with Crippen LogP contribution in [0.4, 0.5) is 0 Å². The molecule has 3 heterocycles. The van der Waals surface area contributed by atoms with E-state index >= 15 is 0 Å². The first-order chi connectivity index (χ1) is 10.2. The van der Waals surface area contributed by atoms with Crippen molar-refractivity contribution in [3.63, 3.8) is 0 Å². The van der Waals surface area contributed by atoms with Gasteiger partial charge in [-0.15, -0.1) is 0 Å². The van der Waals surface area contributed by atoms with E-state index in [9.17, 15) is 4.79 Å². The number of aryl methyl sites for hydroxylation is 2. The minimum atomic E-state index is 0.0293. The highest BCUT2D eigenvalue weighted by Gasteiger charge is 2.27. The van der Waals surface area contributed by atoms with Gasteiger partial charge in [-0.1, -0.05) is 12.1 Å². The molecule has 0 spiro atoms.